The third kappa shape index (κ3) is 5.04. The van der Waals surface area contributed by atoms with E-state index in [4.69, 9.17) is 5.10 Å². The van der Waals surface area contributed by atoms with Gasteiger partial charge in [-0.25, -0.2) is 13.5 Å². The van der Waals surface area contributed by atoms with Crippen molar-refractivity contribution in [1.29, 1.82) is 0 Å². The van der Waals surface area contributed by atoms with E-state index in [2.05, 4.69) is 4.90 Å². The zero-order valence-corrected chi connectivity index (χ0v) is 20.3. The summed E-state index contributed by atoms with van der Waals surface area (Å²) in [5, 5.41) is 4.90. The van der Waals surface area contributed by atoms with Crippen LogP contribution in [-0.2, 0) is 30.8 Å². The monoisotopic (exact) mass is 466 g/mol. The molecule has 0 N–H and O–H groups in total. The summed E-state index contributed by atoms with van der Waals surface area (Å²) in [7, 11) is 0. The minimum atomic E-state index is -0.494. The molecule has 2 aromatic carbocycles. The lowest BCUT2D eigenvalue weighted by Gasteiger charge is -2.30. The Hall–Kier alpha value is -3.06. The lowest BCUT2D eigenvalue weighted by Crippen LogP contribution is -2.39. The molecule has 7 heteroatoms. The molecule has 180 valence electrons. The normalized spacial score (nSPS) is 14.2. The molecule has 1 aliphatic heterocycles. The van der Waals surface area contributed by atoms with Crippen LogP contribution in [0.5, 0.6) is 0 Å². The van der Waals surface area contributed by atoms with E-state index < -0.39 is 5.41 Å². The average molecular weight is 467 g/mol. The molecule has 0 saturated heterocycles. The Morgan fingerprint density at radius 3 is 2.44 bits per heavy atom. The predicted octanol–water partition coefficient (Wildman–Crippen LogP) is 5.10. The van der Waals surface area contributed by atoms with Gasteiger partial charge in [0, 0.05) is 49.1 Å². The number of fused-ring (bicyclic) bond motifs is 1. The van der Waals surface area contributed by atoms with E-state index in [0.29, 0.717) is 31.7 Å². The second-order valence-electron chi connectivity index (χ2n) is 9.88. The molecule has 34 heavy (non-hydrogen) atoms. The molecule has 1 aromatic heterocycles. The van der Waals surface area contributed by atoms with Crippen molar-refractivity contribution in [2.24, 2.45) is 5.41 Å². The molecular formula is C27H32F2N4O. The van der Waals surface area contributed by atoms with Gasteiger partial charge in [0.05, 0.1) is 23.6 Å². The van der Waals surface area contributed by atoms with E-state index in [1.165, 1.54) is 18.2 Å². The van der Waals surface area contributed by atoms with E-state index in [1.54, 1.807) is 18.2 Å². The Bertz CT molecular complexity index is 1160. The minimum absolute atomic E-state index is 0.0686. The number of nitrogens with zero attached hydrogens (tertiary/aromatic N) is 4. The van der Waals surface area contributed by atoms with Crippen LogP contribution in [0.15, 0.2) is 48.5 Å². The molecule has 0 fully saturated rings. The van der Waals surface area contributed by atoms with Crippen LogP contribution in [0.25, 0.3) is 5.69 Å². The molecule has 0 saturated carbocycles. The van der Waals surface area contributed by atoms with E-state index in [1.807, 2.05) is 49.4 Å². The number of hydrogen-bond donors (Lipinski definition) is 0. The number of rotatable bonds is 6. The van der Waals surface area contributed by atoms with Crippen molar-refractivity contribution in [2.75, 3.05) is 13.1 Å². The first-order chi connectivity index (χ1) is 16.2. The van der Waals surface area contributed by atoms with Gasteiger partial charge in [0.1, 0.15) is 11.6 Å². The van der Waals surface area contributed by atoms with Gasteiger partial charge >= 0.3 is 0 Å². The minimum Gasteiger partial charge on any atom is -0.337 e. The van der Waals surface area contributed by atoms with Gasteiger partial charge < -0.3 is 4.90 Å². The van der Waals surface area contributed by atoms with Crippen LogP contribution in [0, 0.1) is 17.0 Å². The van der Waals surface area contributed by atoms with Crippen molar-refractivity contribution in [3.05, 3.63) is 82.7 Å². The van der Waals surface area contributed by atoms with Crippen molar-refractivity contribution < 1.29 is 13.6 Å². The predicted molar refractivity (Wildman–Crippen MR) is 128 cm³/mol. The topological polar surface area (TPSA) is 41.4 Å². The second kappa shape index (κ2) is 9.66. The zero-order valence-electron chi connectivity index (χ0n) is 20.3. The molecule has 2 heterocycles. The summed E-state index contributed by atoms with van der Waals surface area (Å²) in [5.41, 5.74) is 3.91. The maximum atomic E-state index is 14.3. The lowest BCUT2D eigenvalue weighted by atomic mass is 9.94. The van der Waals surface area contributed by atoms with Gasteiger partial charge in [-0.05, 0) is 37.3 Å². The molecule has 0 spiro atoms. The highest BCUT2D eigenvalue weighted by Gasteiger charge is 2.30. The summed E-state index contributed by atoms with van der Waals surface area (Å²) in [6.07, 6.45) is 0.730. The Balaban J connectivity index is 1.69. The Labute approximate surface area is 200 Å². The number of benzene rings is 2. The SMILES string of the molecule is CCN(Cc1nn(-c2ccc(F)cc2)c2c1CN(Cc1ccccc1F)CC2)C(=O)C(C)(C)C. The van der Waals surface area contributed by atoms with Crippen LogP contribution in [0.4, 0.5) is 8.78 Å². The first-order valence-corrected chi connectivity index (χ1v) is 11.8. The van der Waals surface area contributed by atoms with E-state index in [-0.39, 0.29) is 17.5 Å². The third-order valence-electron chi connectivity index (χ3n) is 6.29. The Kier molecular flexibility index (Phi) is 6.84. The number of amides is 1. The number of aromatic nitrogens is 2. The highest BCUT2D eigenvalue weighted by atomic mass is 19.1. The van der Waals surface area contributed by atoms with Gasteiger partial charge in [-0.3, -0.25) is 9.69 Å². The van der Waals surface area contributed by atoms with Crippen molar-refractivity contribution in [1.82, 2.24) is 19.6 Å². The van der Waals surface area contributed by atoms with Crippen molar-refractivity contribution in [2.45, 2.75) is 53.8 Å². The highest BCUT2D eigenvalue weighted by molar-refractivity contribution is 5.81. The number of carbonyl (C=O) groups is 1. The van der Waals surface area contributed by atoms with Crippen LogP contribution >= 0.6 is 0 Å². The molecule has 1 amide bonds. The molecule has 0 atom stereocenters. The van der Waals surface area contributed by atoms with Gasteiger partial charge in [0.15, 0.2) is 0 Å². The second-order valence-corrected chi connectivity index (χ2v) is 9.88. The maximum absolute atomic E-state index is 14.3. The molecule has 0 unspecified atom stereocenters. The summed E-state index contributed by atoms with van der Waals surface area (Å²) < 4.78 is 29.7. The number of halogens is 2. The smallest absolute Gasteiger partial charge is 0.228 e. The first kappa shape index (κ1) is 24.1. The van der Waals surface area contributed by atoms with Gasteiger partial charge in [-0.2, -0.15) is 5.10 Å². The average Bonchev–Trinajstić information content (AvgIpc) is 3.16. The van der Waals surface area contributed by atoms with Crippen molar-refractivity contribution in [3.8, 4) is 5.69 Å². The van der Waals surface area contributed by atoms with Crippen LogP contribution in [0.3, 0.4) is 0 Å². The van der Waals surface area contributed by atoms with E-state index in [0.717, 1.165) is 35.6 Å². The summed E-state index contributed by atoms with van der Waals surface area (Å²) >= 11 is 0. The molecular weight excluding hydrogens is 434 g/mol. The van der Waals surface area contributed by atoms with E-state index >= 15 is 0 Å². The molecule has 4 rings (SSSR count). The Morgan fingerprint density at radius 1 is 1.09 bits per heavy atom. The van der Waals surface area contributed by atoms with Gasteiger partial charge in [-0.1, -0.05) is 39.0 Å². The largest absolute Gasteiger partial charge is 0.337 e. The summed E-state index contributed by atoms with van der Waals surface area (Å²) in [5.74, 6) is -0.434. The van der Waals surface area contributed by atoms with Gasteiger partial charge in [-0.15, -0.1) is 0 Å². The fourth-order valence-corrected chi connectivity index (χ4v) is 4.45. The van der Waals surface area contributed by atoms with Crippen LogP contribution in [0.1, 0.15) is 50.2 Å². The summed E-state index contributed by atoms with van der Waals surface area (Å²) in [6, 6.07) is 13.1. The van der Waals surface area contributed by atoms with Crippen LogP contribution in [-0.4, -0.2) is 38.6 Å². The fourth-order valence-electron chi connectivity index (χ4n) is 4.45. The zero-order chi connectivity index (χ0) is 24.5. The maximum Gasteiger partial charge on any atom is 0.228 e. The molecule has 0 aliphatic carbocycles. The summed E-state index contributed by atoms with van der Waals surface area (Å²) in [6.45, 7) is 10.6. The standard InChI is InChI=1S/C27H32F2N4O/c1-5-32(26(34)27(2,3)4)18-24-22-17-31(16-19-8-6-7-9-23(19)29)15-14-25(22)33(30-24)21-12-10-20(28)11-13-21/h6-13H,5,14-18H2,1-4H3. The quantitative estimate of drug-likeness (QED) is 0.507. The van der Waals surface area contributed by atoms with Crippen LogP contribution < -0.4 is 0 Å². The lowest BCUT2D eigenvalue weighted by molar-refractivity contribution is -0.139. The van der Waals surface area contributed by atoms with Gasteiger partial charge in [0.25, 0.3) is 0 Å². The van der Waals surface area contributed by atoms with Crippen LogP contribution in [0.2, 0.25) is 0 Å². The molecule has 1 aliphatic rings. The third-order valence-corrected chi connectivity index (χ3v) is 6.29. The molecule has 0 radical (unpaired) electrons. The fraction of sp³-hybridized carbons (Fsp3) is 0.407. The highest BCUT2D eigenvalue weighted by Crippen LogP contribution is 2.29. The number of hydrogen-bond acceptors (Lipinski definition) is 3. The Morgan fingerprint density at radius 2 is 1.79 bits per heavy atom. The molecule has 3 aromatic rings. The molecule has 0 bridgehead atoms. The first-order valence-electron chi connectivity index (χ1n) is 11.8. The molecule has 5 nitrogen and oxygen atoms in total. The van der Waals surface area contributed by atoms with Crippen molar-refractivity contribution >= 4 is 5.91 Å². The van der Waals surface area contributed by atoms with Gasteiger partial charge in [0.2, 0.25) is 5.91 Å². The number of carbonyl (C=O) groups excluding carboxylic acids is 1. The van der Waals surface area contributed by atoms with Crippen molar-refractivity contribution in [3.63, 3.8) is 0 Å². The summed E-state index contributed by atoms with van der Waals surface area (Å²) in [4.78, 5) is 17.1. The van der Waals surface area contributed by atoms with E-state index in [9.17, 15) is 13.6 Å².